The van der Waals surface area contributed by atoms with Crippen molar-refractivity contribution in [3.8, 4) is 0 Å². The third kappa shape index (κ3) is 2.63. The van der Waals surface area contributed by atoms with Crippen molar-refractivity contribution < 1.29 is 9.21 Å². The zero-order chi connectivity index (χ0) is 17.4. The van der Waals surface area contributed by atoms with Crippen molar-refractivity contribution in [2.45, 2.75) is 32.9 Å². The van der Waals surface area contributed by atoms with E-state index in [0.29, 0.717) is 30.3 Å². The number of fused-ring (bicyclic) bond motifs is 1. The molecule has 0 N–H and O–H groups in total. The maximum Gasteiger partial charge on any atom is 0.292 e. The van der Waals surface area contributed by atoms with Crippen molar-refractivity contribution in [2.24, 2.45) is 0 Å². The summed E-state index contributed by atoms with van der Waals surface area (Å²) in [5, 5.41) is 0. The Morgan fingerprint density at radius 1 is 1.28 bits per heavy atom. The second kappa shape index (κ2) is 6.20. The minimum absolute atomic E-state index is 0.132. The molecule has 0 bridgehead atoms. The summed E-state index contributed by atoms with van der Waals surface area (Å²) in [5.74, 6) is 0.793. The highest BCUT2D eigenvalue weighted by atomic mass is 16.4. The van der Waals surface area contributed by atoms with Crippen LogP contribution in [0.1, 0.15) is 46.5 Å². The predicted molar refractivity (Wildman–Crippen MR) is 92.2 cm³/mol. The number of pyridine rings is 1. The van der Waals surface area contributed by atoms with Crippen LogP contribution in [0.2, 0.25) is 0 Å². The first-order valence-electron chi connectivity index (χ1n) is 8.52. The fourth-order valence-corrected chi connectivity index (χ4v) is 3.38. The Hall–Kier alpha value is -2.89. The molecule has 1 amide bonds. The van der Waals surface area contributed by atoms with E-state index in [1.165, 1.54) is 0 Å². The van der Waals surface area contributed by atoms with Gasteiger partial charge in [0.2, 0.25) is 5.76 Å². The monoisotopic (exact) mass is 336 g/mol. The molecular formula is C19H20N4O2. The van der Waals surface area contributed by atoms with Crippen molar-refractivity contribution in [3.63, 3.8) is 0 Å². The zero-order valence-electron chi connectivity index (χ0n) is 14.3. The van der Waals surface area contributed by atoms with Gasteiger partial charge in [0.25, 0.3) is 5.91 Å². The zero-order valence-corrected chi connectivity index (χ0v) is 14.3. The second-order valence-corrected chi connectivity index (χ2v) is 6.16. The van der Waals surface area contributed by atoms with E-state index in [4.69, 9.17) is 4.42 Å². The van der Waals surface area contributed by atoms with Crippen molar-refractivity contribution in [2.75, 3.05) is 6.54 Å². The van der Waals surface area contributed by atoms with Crippen LogP contribution in [0.3, 0.4) is 0 Å². The summed E-state index contributed by atoms with van der Waals surface area (Å²) in [6.07, 6.45) is 4.47. The Kier molecular flexibility index (Phi) is 3.87. The first-order chi connectivity index (χ1) is 12.2. The van der Waals surface area contributed by atoms with Gasteiger partial charge in [0, 0.05) is 37.6 Å². The van der Waals surface area contributed by atoms with Crippen molar-refractivity contribution in [1.29, 1.82) is 0 Å². The van der Waals surface area contributed by atoms with E-state index in [9.17, 15) is 4.79 Å². The van der Waals surface area contributed by atoms with Crippen LogP contribution in [0.5, 0.6) is 0 Å². The maximum atomic E-state index is 13.2. The molecule has 4 rings (SSSR count). The molecule has 0 saturated carbocycles. The Bertz CT molecular complexity index is 897. The van der Waals surface area contributed by atoms with Crippen LogP contribution in [0.4, 0.5) is 0 Å². The number of oxazole rings is 1. The summed E-state index contributed by atoms with van der Waals surface area (Å²) in [4.78, 5) is 23.9. The van der Waals surface area contributed by atoms with Gasteiger partial charge in [-0.1, -0.05) is 13.0 Å². The molecule has 0 spiro atoms. The van der Waals surface area contributed by atoms with Gasteiger partial charge in [0.15, 0.2) is 5.89 Å². The van der Waals surface area contributed by atoms with Crippen LogP contribution in [-0.2, 0) is 13.0 Å². The summed E-state index contributed by atoms with van der Waals surface area (Å²) in [7, 11) is 0. The van der Waals surface area contributed by atoms with E-state index >= 15 is 0 Å². The molecule has 25 heavy (non-hydrogen) atoms. The summed E-state index contributed by atoms with van der Waals surface area (Å²) < 4.78 is 7.88. The minimum Gasteiger partial charge on any atom is -0.435 e. The van der Waals surface area contributed by atoms with Gasteiger partial charge >= 0.3 is 0 Å². The van der Waals surface area contributed by atoms with Crippen LogP contribution in [-0.4, -0.2) is 31.9 Å². The third-order valence-corrected chi connectivity index (χ3v) is 4.60. The fourth-order valence-electron chi connectivity index (χ4n) is 3.38. The fraction of sp³-hybridized carbons (Fsp3) is 0.316. The lowest BCUT2D eigenvalue weighted by molar-refractivity contribution is 0.0624. The lowest BCUT2D eigenvalue weighted by atomic mass is 10.0. The van der Waals surface area contributed by atoms with Gasteiger partial charge in [-0.25, -0.2) is 4.98 Å². The quantitative estimate of drug-likeness (QED) is 0.737. The molecule has 6 heteroatoms. The minimum atomic E-state index is -0.230. The van der Waals surface area contributed by atoms with Crippen LogP contribution in [0.25, 0.3) is 0 Å². The molecule has 0 radical (unpaired) electrons. The second-order valence-electron chi connectivity index (χ2n) is 6.16. The first kappa shape index (κ1) is 15.6. The van der Waals surface area contributed by atoms with Gasteiger partial charge < -0.3 is 13.9 Å². The third-order valence-electron chi connectivity index (χ3n) is 4.60. The topological polar surface area (TPSA) is 64.2 Å². The predicted octanol–water partition coefficient (Wildman–Crippen LogP) is 2.99. The average Bonchev–Trinajstić information content (AvgIpc) is 3.27. The van der Waals surface area contributed by atoms with Gasteiger partial charge in [-0.05, 0) is 31.2 Å². The maximum absolute atomic E-state index is 13.2. The lowest BCUT2D eigenvalue weighted by Gasteiger charge is -2.36. The van der Waals surface area contributed by atoms with Crippen molar-refractivity contribution in [3.05, 3.63) is 71.5 Å². The van der Waals surface area contributed by atoms with E-state index in [0.717, 1.165) is 17.9 Å². The number of nitrogens with zero attached hydrogens (tertiary/aromatic N) is 4. The molecule has 3 aromatic heterocycles. The molecule has 128 valence electrons. The normalized spacial score (nSPS) is 16.7. The molecule has 0 saturated heterocycles. The number of carbonyl (C=O) groups is 1. The van der Waals surface area contributed by atoms with Crippen LogP contribution >= 0.6 is 0 Å². The highest BCUT2D eigenvalue weighted by Crippen LogP contribution is 2.32. The lowest BCUT2D eigenvalue weighted by Crippen LogP contribution is -2.42. The largest absolute Gasteiger partial charge is 0.435 e. The van der Waals surface area contributed by atoms with Gasteiger partial charge in [-0.15, -0.1) is 0 Å². The number of carbonyl (C=O) groups excluding carboxylic acids is 1. The Morgan fingerprint density at radius 3 is 2.88 bits per heavy atom. The smallest absolute Gasteiger partial charge is 0.292 e. The number of aryl methyl sites for hydroxylation is 2. The van der Waals surface area contributed by atoms with Crippen molar-refractivity contribution in [1.82, 2.24) is 19.4 Å². The molecule has 1 aliphatic rings. The molecule has 1 atom stereocenters. The molecule has 4 heterocycles. The summed E-state index contributed by atoms with van der Waals surface area (Å²) in [5.41, 5.74) is 2.55. The van der Waals surface area contributed by atoms with Crippen molar-refractivity contribution >= 4 is 5.91 Å². The number of amides is 1. The number of hydrogen-bond donors (Lipinski definition) is 0. The molecule has 6 nitrogen and oxygen atoms in total. The summed E-state index contributed by atoms with van der Waals surface area (Å²) in [6, 6.07) is 9.61. The van der Waals surface area contributed by atoms with E-state index in [1.54, 1.807) is 6.20 Å². The Balaban J connectivity index is 1.77. The molecule has 0 fully saturated rings. The molecule has 3 aromatic rings. The average molecular weight is 336 g/mol. The summed E-state index contributed by atoms with van der Waals surface area (Å²) >= 11 is 0. The molecule has 0 aliphatic carbocycles. The van der Waals surface area contributed by atoms with E-state index in [2.05, 4.69) is 14.5 Å². The van der Waals surface area contributed by atoms with Crippen LogP contribution < -0.4 is 0 Å². The van der Waals surface area contributed by atoms with E-state index < -0.39 is 0 Å². The highest BCUT2D eigenvalue weighted by molar-refractivity contribution is 5.93. The van der Waals surface area contributed by atoms with Gasteiger partial charge in [0.1, 0.15) is 6.04 Å². The van der Waals surface area contributed by atoms with Gasteiger partial charge in [0.05, 0.1) is 11.4 Å². The standard InChI is InChI=1S/C19H20N4O2/c1-3-16-21-13(2)18(25-16)19(24)23-12-11-22-10-6-8-15(22)17(23)14-7-4-5-9-20-14/h4-10,17H,3,11-12H2,1-2H3. The molecular weight excluding hydrogens is 316 g/mol. The number of hydrogen-bond acceptors (Lipinski definition) is 4. The first-order valence-corrected chi connectivity index (χ1v) is 8.52. The summed E-state index contributed by atoms with van der Waals surface area (Å²) in [6.45, 7) is 5.14. The van der Waals surface area contributed by atoms with Gasteiger partial charge in [-0.3, -0.25) is 9.78 Å². The van der Waals surface area contributed by atoms with Crippen LogP contribution in [0.15, 0.2) is 47.1 Å². The number of rotatable bonds is 3. The molecule has 1 unspecified atom stereocenters. The molecule has 0 aromatic carbocycles. The van der Waals surface area contributed by atoms with Crippen LogP contribution in [0, 0.1) is 6.92 Å². The number of aromatic nitrogens is 3. The van der Waals surface area contributed by atoms with E-state index in [-0.39, 0.29) is 11.9 Å². The Labute approximate surface area is 146 Å². The highest BCUT2D eigenvalue weighted by Gasteiger charge is 2.35. The SMILES string of the molecule is CCc1nc(C)c(C(=O)N2CCn3cccc3C2c2ccccn2)o1. The molecule has 1 aliphatic heterocycles. The van der Waals surface area contributed by atoms with E-state index in [1.807, 2.05) is 55.3 Å². The van der Waals surface area contributed by atoms with Gasteiger partial charge in [-0.2, -0.15) is 0 Å². The Morgan fingerprint density at radius 2 is 2.16 bits per heavy atom.